The molecule has 0 fully saturated rings. The molecular formula is C21H29N3O8. The first-order valence-corrected chi connectivity index (χ1v) is 10.2. The van der Waals surface area contributed by atoms with Crippen LogP contribution in [0.3, 0.4) is 0 Å². The Hall–Kier alpha value is -3.63. The summed E-state index contributed by atoms with van der Waals surface area (Å²) < 4.78 is 5.10. The van der Waals surface area contributed by atoms with Crippen molar-refractivity contribution >= 4 is 29.8 Å². The van der Waals surface area contributed by atoms with Crippen LogP contribution in [-0.4, -0.2) is 59.2 Å². The fourth-order valence-electron chi connectivity index (χ4n) is 2.60. The van der Waals surface area contributed by atoms with Crippen LogP contribution in [0.4, 0.5) is 4.79 Å². The number of nitrogens with one attached hydrogen (secondary N) is 3. The molecule has 0 saturated heterocycles. The molecular weight excluding hydrogens is 422 g/mol. The van der Waals surface area contributed by atoms with E-state index in [9.17, 15) is 24.0 Å². The second kappa shape index (κ2) is 15.2. The SMILES string of the molecule is O=C(O)CCC(=O)NC[C@H](CCCNC(=O)OCc1ccccc1)NC(=O)CCC(=O)O. The normalized spacial score (nSPS) is 11.1. The van der Waals surface area contributed by atoms with Gasteiger partial charge in [-0.2, -0.15) is 0 Å². The second-order valence-corrected chi connectivity index (χ2v) is 6.99. The Bertz CT molecular complexity index is 770. The number of hydrogen-bond acceptors (Lipinski definition) is 6. The van der Waals surface area contributed by atoms with Gasteiger partial charge in [-0.15, -0.1) is 0 Å². The lowest BCUT2D eigenvalue weighted by molar-refractivity contribution is -0.139. The van der Waals surface area contributed by atoms with Gasteiger partial charge in [-0.3, -0.25) is 19.2 Å². The molecule has 11 nitrogen and oxygen atoms in total. The van der Waals surface area contributed by atoms with Crippen molar-refractivity contribution in [3.63, 3.8) is 0 Å². The smallest absolute Gasteiger partial charge is 0.407 e. The van der Waals surface area contributed by atoms with E-state index < -0.39 is 35.9 Å². The van der Waals surface area contributed by atoms with Crippen LogP contribution in [0.2, 0.25) is 0 Å². The molecule has 0 aliphatic heterocycles. The Balaban J connectivity index is 2.39. The number of aliphatic carboxylic acids is 2. The number of amides is 3. The number of carbonyl (C=O) groups is 5. The number of benzene rings is 1. The quantitative estimate of drug-likeness (QED) is 0.246. The lowest BCUT2D eigenvalue weighted by Crippen LogP contribution is -2.44. The summed E-state index contributed by atoms with van der Waals surface area (Å²) in [5, 5.41) is 25.1. The summed E-state index contributed by atoms with van der Waals surface area (Å²) in [5.41, 5.74) is 0.852. The molecule has 1 rings (SSSR count). The van der Waals surface area contributed by atoms with Crippen LogP contribution >= 0.6 is 0 Å². The minimum absolute atomic E-state index is 0.0513. The van der Waals surface area contributed by atoms with Gasteiger partial charge in [-0.1, -0.05) is 30.3 Å². The topological polar surface area (TPSA) is 171 Å². The lowest BCUT2D eigenvalue weighted by atomic mass is 10.1. The molecule has 0 bridgehead atoms. The molecule has 32 heavy (non-hydrogen) atoms. The number of hydrogen-bond donors (Lipinski definition) is 5. The van der Waals surface area contributed by atoms with Crippen LogP contribution in [0, 0.1) is 0 Å². The molecule has 1 aromatic carbocycles. The van der Waals surface area contributed by atoms with E-state index in [1.54, 1.807) is 0 Å². The van der Waals surface area contributed by atoms with Crippen molar-refractivity contribution in [1.82, 2.24) is 16.0 Å². The van der Waals surface area contributed by atoms with Crippen LogP contribution in [0.1, 0.15) is 44.1 Å². The highest BCUT2D eigenvalue weighted by molar-refractivity contribution is 5.81. The molecule has 0 saturated carbocycles. The second-order valence-electron chi connectivity index (χ2n) is 6.99. The molecule has 3 amide bonds. The van der Waals surface area contributed by atoms with Gasteiger partial charge >= 0.3 is 18.0 Å². The van der Waals surface area contributed by atoms with Gasteiger partial charge in [0.15, 0.2) is 0 Å². The Labute approximate surface area is 185 Å². The third-order valence-electron chi connectivity index (χ3n) is 4.25. The van der Waals surface area contributed by atoms with Gasteiger partial charge in [0.1, 0.15) is 6.61 Å². The van der Waals surface area contributed by atoms with Gasteiger partial charge in [-0.05, 0) is 18.4 Å². The number of carbonyl (C=O) groups excluding carboxylic acids is 3. The first-order valence-electron chi connectivity index (χ1n) is 10.2. The highest BCUT2D eigenvalue weighted by Crippen LogP contribution is 2.02. The van der Waals surface area contributed by atoms with Crippen molar-refractivity contribution in [3.8, 4) is 0 Å². The number of carboxylic acid groups (broad SMARTS) is 2. The summed E-state index contributed by atoms with van der Waals surface area (Å²) in [4.78, 5) is 56.6. The van der Waals surface area contributed by atoms with Gasteiger partial charge in [0.05, 0.1) is 12.8 Å². The monoisotopic (exact) mass is 451 g/mol. The summed E-state index contributed by atoms with van der Waals surface area (Å²) in [5.74, 6) is -3.15. The van der Waals surface area contributed by atoms with Gasteiger partial charge in [-0.25, -0.2) is 4.79 Å². The van der Waals surface area contributed by atoms with Crippen molar-refractivity contribution in [2.24, 2.45) is 0 Å². The van der Waals surface area contributed by atoms with Crippen molar-refractivity contribution in [2.45, 2.75) is 51.2 Å². The summed E-state index contributed by atoms with van der Waals surface area (Å²) in [6.07, 6.45) is -0.772. The maximum Gasteiger partial charge on any atom is 0.407 e. The van der Waals surface area contributed by atoms with Crippen LogP contribution in [-0.2, 0) is 30.5 Å². The molecule has 0 aliphatic rings. The molecule has 0 unspecified atom stereocenters. The van der Waals surface area contributed by atoms with Crippen LogP contribution in [0.15, 0.2) is 30.3 Å². The predicted octanol–water partition coefficient (Wildman–Crippen LogP) is 1.02. The van der Waals surface area contributed by atoms with Gasteiger partial charge < -0.3 is 30.9 Å². The van der Waals surface area contributed by atoms with Crippen LogP contribution in [0.5, 0.6) is 0 Å². The Morgan fingerprint density at radius 2 is 1.47 bits per heavy atom. The molecule has 0 aliphatic carbocycles. The molecule has 11 heteroatoms. The standard InChI is InChI=1S/C21H29N3O8/c25-17(8-10-19(27)28)23-13-16(24-18(26)9-11-20(29)30)7-4-12-22-21(31)32-14-15-5-2-1-3-6-15/h1-3,5-6,16H,4,7-14H2,(H,22,31)(H,23,25)(H,24,26)(H,27,28)(H,29,30)/t16-/m0/s1. The average molecular weight is 451 g/mol. The third-order valence-corrected chi connectivity index (χ3v) is 4.25. The third kappa shape index (κ3) is 13.6. The highest BCUT2D eigenvalue weighted by Gasteiger charge is 2.15. The molecule has 0 spiro atoms. The van der Waals surface area contributed by atoms with E-state index in [2.05, 4.69) is 16.0 Å². The van der Waals surface area contributed by atoms with Gasteiger partial charge in [0.25, 0.3) is 0 Å². The number of carboxylic acids is 2. The largest absolute Gasteiger partial charge is 0.481 e. The molecule has 0 radical (unpaired) electrons. The van der Waals surface area contributed by atoms with Gasteiger partial charge in [0, 0.05) is 32.0 Å². The van der Waals surface area contributed by atoms with Crippen molar-refractivity contribution in [1.29, 1.82) is 0 Å². The summed E-state index contributed by atoms with van der Waals surface area (Å²) >= 11 is 0. The van der Waals surface area contributed by atoms with Crippen molar-refractivity contribution in [3.05, 3.63) is 35.9 Å². The first kappa shape index (κ1) is 26.4. The molecule has 1 aromatic rings. The van der Waals surface area contributed by atoms with Crippen LogP contribution < -0.4 is 16.0 Å². The first-order chi connectivity index (χ1) is 15.3. The zero-order valence-electron chi connectivity index (χ0n) is 17.7. The Morgan fingerprint density at radius 1 is 0.844 bits per heavy atom. The summed E-state index contributed by atoms with van der Waals surface area (Å²) in [7, 11) is 0. The minimum Gasteiger partial charge on any atom is -0.481 e. The molecule has 176 valence electrons. The maximum atomic E-state index is 11.9. The van der Waals surface area contributed by atoms with E-state index in [1.165, 1.54) is 0 Å². The zero-order chi connectivity index (χ0) is 23.8. The average Bonchev–Trinajstić information content (AvgIpc) is 2.76. The predicted molar refractivity (Wildman–Crippen MR) is 113 cm³/mol. The van der Waals surface area contributed by atoms with Crippen molar-refractivity contribution in [2.75, 3.05) is 13.1 Å². The number of rotatable bonds is 15. The molecule has 5 N–H and O–H groups in total. The van der Waals surface area contributed by atoms with E-state index in [0.29, 0.717) is 12.8 Å². The summed E-state index contributed by atoms with van der Waals surface area (Å²) in [6.45, 7) is 0.453. The molecule has 0 heterocycles. The van der Waals surface area contributed by atoms with E-state index in [-0.39, 0.29) is 45.4 Å². The van der Waals surface area contributed by atoms with Crippen molar-refractivity contribution < 1.29 is 38.9 Å². The van der Waals surface area contributed by atoms with E-state index in [0.717, 1.165) is 5.56 Å². The van der Waals surface area contributed by atoms with E-state index >= 15 is 0 Å². The fourth-order valence-corrected chi connectivity index (χ4v) is 2.60. The minimum atomic E-state index is -1.10. The number of alkyl carbamates (subject to hydrolysis) is 1. The lowest BCUT2D eigenvalue weighted by Gasteiger charge is -2.19. The molecule has 0 aromatic heterocycles. The summed E-state index contributed by atoms with van der Waals surface area (Å²) in [6, 6.07) is 8.68. The molecule has 1 atom stereocenters. The van der Waals surface area contributed by atoms with Crippen LogP contribution in [0.25, 0.3) is 0 Å². The Morgan fingerprint density at radius 3 is 2.09 bits per heavy atom. The van der Waals surface area contributed by atoms with E-state index in [4.69, 9.17) is 14.9 Å². The number of ether oxygens (including phenoxy) is 1. The zero-order valence-corrected chi connectivity index (χ0v) is 17.7. The van der Waals surface area contributed by atoms with Gasteiger partial charge in [0.2, 0.25) is 11.8 Å². The Kier molecular flexibility index (Phi) is 12.6. The van der Waals surface area contributed by atoms with E-state index in [1.807, 2.05) is 30.3 Å². The fraction of sp³-hybridized carbons (Fsp3) is 0.476. The highest BCUT2D eigenvalue weighted by atomic mass is 16.5. The maximum absolute atomic E-state index is 11.9.